The molecule has 0 heterocycles. The van der Waals surface area contributed by atoms with Gasteiger partial charge in [0.1, 0.15) is 0 Å². The number of carbonyl (C=O) groups excluding carboxylic acids is 1. The maximum atomic E-state index is 10.7. The molecule has 2 aromatic rings. The Morgan fingerprint density at radius 1 is 1.15 bits per heavy atom. The molecule has 5 heteroatoms. The molecule has 20 heavy (non-hydrogen) atoms. The lowest BCUT2D eigenvalue weighted by Crippen LogP contribution is -2.19. The first-order chi connectivity index (χ1) is 9.54. The van der Waals surface area contributed by atoms with Crippen LogP contribution in [0, 0.1) is 0 Å². The van der Waals surface area contributed by atoms with Crippen molar-refractivity contribution in [2.45, 2.75) is 13.0 Å². The van der Waals surface area contributed by atoms with E-state index in [-0.39, 0.29) is 6.04 Å². The lowest BCUT2D eigenvalue weighted by Gasteiger charge is -2.16. The number of hydrogen-bond acceptors (Lipinski definition) is 2. The Morgan fingerprint density at radius 3 is 2.45 bits per heavy atom. The van der Waals surface area contributed by atoms with Crippen molar-refractivity contribution in [3.8, 4) is 0 Å². The van der Waals surface area contributed by atoms with E-state index in [9.17, 15) is 4.79 Å². The Kier molecular flexibility index (Phi) is 4.48. The van der Waals surface area contributed by atoms with Crippen LogP contribution in [0.5, 0.6) is 0 Å². The van der Waals surface area contributed by atoms with Crippen molar-refractivity contribution in [2.75, 3.05) is 10.6 Å². The quantitative estimate of drug-likeness (QED) is 0.796. The van der Waals surface area contributed by atoms with Gasteiger partial charge < -0.3 is 16.4 Å². The molecule has 0 aromatic heterocycles. The standard InChI is InChI=1S/C15H16ClN3O/c1-10(18-14-4-2-3-12(16)9-14)11-5-7-13(8-6-11)19-15(17)20/h2-10,18H,1H3,(H3,17,19,20). The Morgan fingerprint density at radius 2 is 1.85 bits per heavy atom. The van der Waals surface area contributed by atoms with Crippen molar-refractivity contribution in [1.29, 1.82) is 0 Å². The van der Waals surface area contributed by atoms with E-state index in [2.05, 4.69) is 17.6 Å². The predicted molar refractivity (Wildman–Crippen MR) is 83.1 cm³/mol. The zero-order chi connectivity index (χ0) is 14.5. The molecule has 1 atom stereocenters. The fourth-order valence-electron chi connectivity index (χ4n) is 1.91. The summed E-state index contributed by atoms with van der Waals surface area (Å²) < 4.78 is 0. The van der Waals surface area contributed by atoms with E-state index in [0.717, 1.165) is 11.3 Å². The number of nitrogens with two attached hydrogens (primary N) is 1. The molecule has 2 rings (SSSR count). The summed E-state index contributed by atoms with van der Waals surface area (Å²) in [7, 11) is 0. The molecule has 0 spiro atoms. The number of hydrogen-bond donors (Lipinski definition) is 3. The highest BCUT2D eigenvalue weighted by atomic mass is 35.5. The summed E-state index contributed by atoms with van der Waals surface area (Å²) in [5.41, 5.74) is 7.80. The zero-order valence-corrected chi connectivity index (χ0v) is 11.8. The van der Waals surface area contributed by atoms with Crippen LogP contribution in [0.4, 0.5) is 16.2 Å². The minimum atomic E-state index is -0.567. The molecule has 0 aliphatic carbocycles. The van der Waals surface area contributed by atoms with Gasteiger partial charge in [0.05, 0.1) is 0 Å². The monoisotopic (exact) mass is 289 g/mol. The highest BCUT2D eigenvalue weighted by Crippen LogP contribution is 2.22. The van der Waals surface area contributed by atoms with Gasteiger partial charge in [-0.15, -0.1) is 0 Å². The van der Waals surface area contributed by atoms with Crippen LogP contribution < -0.4 is 16.4 Å². The van der Waals surface area contributed by atoms with Crippen molar-refractivity contribution >= 4 is 29.0 Å². The predicted octanol–water partition coefficient (Wildman–Crippen LogP) is 4.00. The van der Waals surface area contributed by atoms with Crippen molar-refractivity contribution in [3.63, 3.8) is 0 Å². The summed E-state index contributed by atoms with van der Waals surface area (Å²) in [4.78, 5) is 10.7. The van der Waals surface area contributed by atoms with Crippen LogP contribution in [-0.2, 0) is 0 Å². The van der Waals surface area contributed by atoms with Gasteiger partial charge in [-0.2, -0.15) is 0 Å². The van der Waals surface area contributed by atoms with E-state index in [1.807, 2.05) is 48.5 Å². The minimum absolute atomic E-state index is 0.121. The first kappa shape index (κ1) is 14.2. The van der Waals surface area contributed by atoms with Gasteiger partial charge in [-0.25, -0.2) is 4.79 Å². The van der Waals surface area contributed by atoms with Crippen LogP contribution in [0.15, 0.2) is 48.5 Å². The van der Waals surface area contributed by atoms with Crippen molar-refractivity contribution < 1.29 is 4.79 Å². The third-order valence-electron chi connectivity index (χ3n) is 2.89. The number of amides is 2. The molecule has 0 aliphatic rings. The fraction of sp³-hybridized carbons (Fsp3) is 0.133. The lowest BCUT2D eigenvalue weighted by molar-refractivity contribution is 0.259. The lowest BCUT2D eigenvalue weighted by atomic mass is 10.1. The summed E-state index contributed by atoms with van der Waals surface area (Å²) >= 11 is 5.95. The van der Waals surface area contributed by atoms with Crippen LogP contribution in [-0.4, -0.2) is 6.03 Å². The summed E-state index contributed by atoms with van der Waals surface area (Å²) in [6.45, 7) is 2.05. The van der Waals surface area contributed by atoms with Gasteiger partial charge in [-0.05, 0) is 42.8 Å². The SMILES string of the molecule is CC(Nc1cccc(Cl)c1)c1ccc(NC(N)=O)cc1. The number of rotatable bonds is 4. The molecule has 2 amide bonds. The number of carbonyl (C=O) groups is 1. The molecule has 4 nitrogen and oxygen atoms in total. The van der Waals surface area contributed by atoms with Gasteiger partial charge in [0, 0.05) is 22.4 Å². The second-order valence-electron chi connectivity index (χ2n) is 4.49. The maximum absolute atomic E-state index is 10.7. The molecule has 0 aliphatic heterocycles. The van der Waals surface area contributed by atoms with Crippen LogP contribution >= 0.6 is 11.6 Å². The number of halogens is 1. The van der Waals surface area contributed by atoms with Gasteiger partial charge >= 0.3 is 6.03 Å². The van der Waals surface area contributed by atoms with Crippen LogP contribution in [0.2, 0.25) is 5.02 Å². The molecule has 2 aromatic carbocycles. The highest BCUT2D eigenvalue weighted by Gasteiger charge is 2.06. The van der Waals surface area contributed by atoms with E-state index in [1.165, 1.54) is 0 Å². The van der Waals surface area contributed by atoms with Crippen molar-refractivity contribution in [1.82, 2.24) is 0 Å². The van der Waals surface area contributed by atoms with E-state index >= 15 is 0 Å². The van der Waals surface area contributed by atoms with Crippen LogP contribution in [0.25, 0.3) is 0 Å². The number of benzene rings is 2. The van der Waals surface area contributed by atoms with Gasteiger partial charge in [-0.1, -0.05) is 29.8 Å². The maximum Gasteiger partial charge on any atom is 0.316 e. The fourth-order valence-corrected chi connectivity index (χ4v) is 2.10. The number of anilines is 2. The average Bonchev–Trinajstić information content (AvgIpc) is 2.38. The average molecular weight is 290 g/mol. The molecule has 4 N–H and O–H groups in total. The Bertz CT molecular complexity index is 598. The number of nitrogens with one attached hydrogen (secondary N) is 2. The van der Waals surface area contributed by atoms with Crippen LogP contribution in [0.3, 0.4) is 0 Å². The smallest absolute Gasteiger partial charge is 0.316 e. The van der Waals surface area contributed by atoms with E-state index in [1.54, 1.807) is 0 Å². The Balaban J connectivity index is 2.05. The topological polar surface area (TPSA) is 67.2 Å². The summed E-state index contributed by atoms with van der Waals surface area (Å²) in [6, 6.07) is 14.6. The Hall–Kier alpha value is -2.20. The Labute approximate surface area is 122 Å². The van der Waals surface area contributed by atoms with E-state index in [0.29, 0.717) is 10.7 Å². The molecular weight excluding hydrogens is 274 g/mol. The second-order valence-corrected chi connectivity index (χ2v) is 4.92. The zero-order valence-electron chi connectivity index (χ0n) is 11.1. The summed E-state index contributed by atoms with van der Waals surface area (Å²) in [5.74, 6) is 0. The van der Waals surface area contributed by atoms with Gasteiger partial charge in [-0.3, -0.25) is 0 Å². The first-order valence-corrected chi connectivity index (χ1v) is 6.61. The largest absolute Gasteiger partial charge is 0.378 e. The number of primary amides is 1. The van der Waals surface area contributed by atoms with Gasteiger partial charge in [0.15, 0.2) is 0 Å². The van der Waals surface area contributed by atoms with Crippen LogP contribution in [0.1, 0.15) is 18.5 Å². The molecule has 0 bridgehead atoms. The minimum Gasteiger partial charge on any atom is -0.378 e. The number of urea groups is 1. The van der Waals surface area contributed by atoms with Crippen molar-refractivity contribution in [3.05, 3.63) is 59.1 Å². The third-order valence-corrected chi connectivity index (χ3v) is 3.12. The van der Waals surface area contributed by atoms with Gasteiger partial charge in [0.2, 0.25) is 0 Å². The molecule has 0 radical (unpaired) electrons. The molecular formula is C15H16ClN3O. The normalized spacial score (nSPS) is 11.7. The van der Waals surface area contributed by atoms with Crippen molar-refractivity contribution in [2.24, 2.45) is 5.73 Å². The molecule has 104 valence electrons. The molecule has 0 saturated carbocycles. The highest BCUT2D eigenvalue weighted by molar-refractivity contribution is 6.30. The van der Waals surface area contributed by atoms with E-state index < -0.39 is 6.03 Å². The molecule has 0 saturated heterocycles. The first-order valence-electron chi connectivity index (χ1n) is 6.23. The summed E-state index contributed by atoms with van der Waals surface area (Å²) in [5, 5.41) is 6.59. The third kappa shape index (κ3) is 3.90. The van der Waals surface area contributed by atoms with Gasteiger partial charge in [0.25, 0.3) is 0 Å². The second kappa shape index (κ2) is 6.30. The molecule has 1 unspecified atom stereocenters. The summed E-state index contributed by atoms with van der Waals surface area (Å²) in [6.07, 6.45) is 0. The van der Waals surface area contributed by atoms with E-state index in [4.69, 9.17) is 17.3 Å². The molecule has 0 fully saturated rings.